The van der Waals surface area contributed by atoms with Crippen LogP contribution in [0.2, 0.25) is 0 Å². The summed E-state index contributed by atoms with van der Waals surface area (Å²) in [6, 6.07) is 13.1. The van der Waals surface area contributed by atoms with Gasteiger partial charge in [-0.15, -0.1) is 0 Å². The van der Waals surface area contributed by atoms with Crippen LogP contribution in [0.25, 0.3) is 0 Å². The van der Waals surface area contributed by atoms with E-state index in [2.05, 4.69) is 70.8 Å². The van der Waals surface area contributed by atoms with E-state index in [4.69, 9.17) is 9.72 Å². The zero-order valence-electron chi connectivity index (χ0n) is 16.1. The first-order chi connectivity index (χ1) is 12.5. The Morgan fingerprint density at radius 1 is 1.15 bits per heavy atom. The first-order valence-corrected chi connectivity index (χ1v) is 10.1. The lowest BCUT2D eigenvalue weighted by atomic mass is 10.1. The van der Waals surface area contributed by atoms with E-state index < -0.39 is 0 Å². The Morgan fingerprint density at radius 3 is 2.50 bits per heavy atom. The standard InChI is InChI=1S/C21H28BrN3O/c1-15(2)21-19(22)9-10-20(23-21)25-12-11-24(16(3)13-25)14-17-5-7-18(26-4)8-6-17/h5-10,15-16H,11-14H2,1-4H3. The number of pyridine rings is 1. The summed E-state index contributed by atoms with van der Waals surface area (Å²) in [6.45, 7) is 10.7. The van der Waals surface area contributed by atoms with E-state index in [1.165, 1.54) is 5.56 Å². The molecule has 4 nitrogen and oxygen atoms in total. The van der Waals surface area contributed by atoms with Crippen molar-refractivity contribution >= 4 is 21.7 Å². The Kier molecular flexibility index (Phi) is 6.20. The average molecular weight is 418 g/mol. The lowest BCUT2D eigenvalue weighted by molar-refractivity contribution is 0.180. The van der Waals surface area contributed by atoms with Crippen LogP contribution in [0.4, 0.5) is 5.82 Å². The summed E-state index contributed by atoms with van der Waals surface area (Å²) in [7, 11) is 1.71. The molecule has 1 aromatic heterocycles. The van der Waals surface area contributed by atoms with Gasteiger partial charge in [0, 0.05) is 36.7 Å². The first kappa shape index (κ1) is 19.2. The molecule has 0 N–H and O–H groups in total. The van der Waals surface area contributed by atoms with Crippen molar-refractivity contribution in [3.8, 4) is 5.75 Å². The molecule has 3 rings (SSSR count). The van der Waals surface area contributed by atoms with E-state index in [0.717, 1.165) is 47.9 Å². The molecule has 0 amide bonds. The van der Waals surface area contributed by atoms with Crippen LogP contribution in [0, 0.1) is 0 Å². The highest BCUT2D eigenvalue weighted by Gasteiger charge is 2.25. The summed E-state index contributed by atoms with van der Waals surface area (Å²) in [5.74, 6) is 2.42. The number of anilines is 1. The van der Waals surface area contributed by atoms with Crippen molar-refractivity contribution in [3.63, 3.8) is 0 Å². The molecule has 0 saturated carbocycles. The van der Waals surface area contributed by atoms with E-state index >= 15 is 0 Å². The lowest BCUT2D eigenvalue weighted by Crippen LogP contribution is -2.51. The molecule has 0 bridgehead atoms. The molecule has 5 heteroatoms. The predicted molar refractivity (Wildman–Crippen MR) is 111 cm³/mol. The van der Waals surface area contributed by atoms with Crippen molar-refractivity contribution in [1.29, 1.82) is 0 Å². The fourth-order valence-corrected chi connectivity index (χ4v) is 4.11. The summed E-state index contributed by atoms with van der Waals surface area (Å²) in [4.78, 5) is 9.86. The van der Waals surface area contributed by atoms with E-state index in [-0.39, 0.29) is 0 Å². The number of nitrogens with zero attached hydrogens (tertiary/aromatic N) is 3. The predicted octanol–water partition coefficient (Wildman–Crippen LogP) is 4.69. The number of hydrogen-bond donors (Lipinski definition) is 0. The maximum absolute atomic E-state index is 5.25. The number of halogens is 1. The second kappa shape index (κ2) is 8.40. The minimum absolute atomic E-state index is 0.415. The maximum Gasteiger partial charge on any atom is 0.128 e. The number of benzene rings is 1. The molecule has 26 heavy (non-hydrogen) atoms. The monoisotopic (exact) mass is 417 g/mol. The summed E-state index contributed by atoms with van der Waals surface area (Å²) in [5, 5.41) is 0. The van der Waals surface area contributed by atoms with Gasteiger partial charge in [0.05, 0.1) is 12.8 Å². The number of methoxy groups -OCH3 is 1. The Hall–Kier alpha value is -1.59. The van der Waals surface area contributed by atoms with Crippen LogP contribution in [0.3, 0.4) is 0 Å². The Morgan fingerprint density at radius 2 is 1.88 bits per heavy atom. The van der Waals surface area contributed by atoms with Crippen LogP contribution in [0.1, 0.15) is 37.9 Å². The normalized spacial score (nSPS) is 18.4. The van der Waals surface area contributed by atoms with Gasteiger partial charge in [-0.25, -0.2) is 4.98 Å². The quantitative estimate of drug-likeness (QED) is 0.705. The second-order valence-corrected chi connectivity index (χ2v) is 8.16. The maximum atomic E-state index is 5.25. The molecule has 140 valence electrons. The topological polar surface area (TPSA) is 28.6 Å². The zero-order chi connectivity index (χ0) is 18.7. The van der Waals surface area contributed by atoms with Gasteiger partial charge in [0.25, 0.3) is 0 Å². The second-order valence-electron chi connectivity index (χ2n) is 7.30. The molecule has 2 aromatic rings. The number of piperazine rings is 1. The van der Waals surface area contributed by atoms with Gasteiger partial charge in [0.15, 0.2) is 0 Å². The molecule has 1 fully saturated rings. The van der Waals surface area contributed by atoms with Crippen LogP contribution < -0.4 is 9.64 Å². The van der Waals surface area contributed by atoms with Gasteiger partial charge in [-0.3, -0.25) is 4.90 Å². The molecule has 2 heterocycles. The van der Waals surface area contributed by atoms with Gasteiger partial charge in [-0.05, 0) is 58.6 Å². The average Bonchev–Trinajstić information content (AvgIpc) is 2.64. The van der Waals surface area contributed by atoms with Crippen molar-refractivity contribution in [2.75, 3.05) is 31.6 Å². The van der Waals surface area contributed by atoms with E-state index in [1.807, 2.05) is 12.1 Å². The third-order valence-electron chi connectivity index (χ3n) is 5.04. The molecular formula is C21H28BrN3O. The van der Waals surface area contributed by atoms with Crippen molar-refractivity contribution in [3.05, 3.63) is 52.1 Å². The summed E-state index contributed by atoms with van der Waals surface area (Å²) >= 11 is 3.63. The summed E-state index contributed by atoms with van der Waals surface area (Å²) in [6.07, 6.45) is 0. The smallest absolute Gasteiger partial charge is 0.128 e. The van der Waals surface area contributed by atoms with Crippen LogP contribution >= 0.6 is 15.9 Å². The van der Waals surface area contributed by atoms with Crippen LogP contribution in [0.15, 0.2) is 40.9 Å². The zero-order valence-corrected chi connectivity index (χ0v) is 17.7. The van der Waals surface area contributed by atoms with Gasteiger partial charge < -0.3 is 9.64 Å². The Bertz CT molecular complexity index is 733. The van der Waals surface area contributed by atoms with E-state index in [0.29, 0.717) is 12.0 Å². The van der Waals surface area contributed by atoms with Gasteiger partial charge in [0.1, 0.15) is 11.6 Å². The molecule has 1 saturated heterocycles. The number of hydrogen-bond acceptors (Lipinski definition) is 4. The lowest BCUT2D eigenvalue weighted by Gasteiger charge is -2.40. The van der Waals surface area contributed by atoms with Crippen molar-refractivity contribution < 1.29 is 4.74 Å². The summed E-state index contributed by atoms with van der Waals surface area (Å²) in [5.41, 5.74) is 2.46. The van der Waals surface area contributed by atoms with Crippen LogP contribution in [-0.4, -0.2) is 42.7 Å². The highest BCUT2D eigenvalue weighted by Crippen LogP contribution is 2.27. The van der Waals surface area contributed by atoms with Gasteiger partial charge in [-0.2, -0.15) is 0 Å². The molecule has 1 aliphatic rings. The Balaban J connectivity index is 1.65. The molecule has 0 spiro atoms. The van der Waals surface area contributed by atoms with Crippen molar-refractivity contribution in [2.45, 2.75) is 39.3 Å². The molecule has 1 aromatic carbocycles. The Labute approximate surface area is 165 Å². The largest absolute Gasteiger partial charge is 0.497 e. The van der Waals surface area contributed by atoms with Gasteiger partial charge in [-0.1, -0.05) is 26.0 Å². The molecule has 1 aliphatic heterocycles. The van der Waals surface area contributed by atoms with Crippen molar-refractivity contribution in [1.82, 2.24) is 9.88 Å². The number of rotatable bonds is 5. The number of ether oxygens (including phenoxy) is 1. The minimum atomic E-state index is 0.415. The highest BCUT2D eigenvalue weighted by atomic mass is 79.9. The highest BCUT2D eigenvalue weighted by molar-refractivity contribution is 9.10. The van der Waals surface area contributed by atoms with Crippen LogP contribution in [-0.2, 0) is 6.54 Å². The molecular weight excluding hydrogens is 390 g/mol. The third-order valence-corrected chi connectivity index (χ3v) is 5.71. The molecule has 0 aliphatic carbocycles. The van der Waals surface area contributed by atoms with Crippen LogP contribution in [0.5, 0.6) is 5.75 Å². The molecule has 1 unspecified atom stereocenters. The summed E-state index contributed by atoms with van der Waals surface area (Å²) < 4.78 is 6.35. The van der Waals surface area contributed by atoms with E-state index in [1.54, 1.807) is 7.11 Å². The van der Waals surface area contributed by atoms with Gasteiger partial charge in [0.2, 0.25) is 0 Å². The first-order valence-electron chi connectivity index (χ1n) is 9.26. The minimum Gasteiger partial charge on any atom is -0.497 e. The van der Waals surface area contributed by atoms with E-state index in [9.17, 15) is 0 Å². The van der Waals surface area contributed by atoms with Gasteiger partial charge >= 0.3 is 0 Å². The van der Waals surface area contributed by atoms with Crippen molar-refractivity contribution in [2.24, 2.45) is 0 Å². The number of aromatic nitrogens is 1. The third kappa shape index (κ3) is 4.38. The fourth-order valence-electron chi connectivity index (χ4n) is 3.43. The fraction of sp³-hybridized carbons (Fsp3) is 0.476. The molecule has 1 atom stereocenters. The SMILES string of the molecule is COc1ccc(CN2CCN(c3ccc(Br)c(C(C)C)n3)CC2C)cc1. The molecule has 0 radical (unpaired) electrons.